The number of imidazole rings is 1. The molecule has 0 radical (unpaired) electrons. The van der Waals surface area contributed by atoms with Gasteiger partial charge in [-0.15, -0.1) is 0 Å². The average molecular weight is 257 g/mol. The number of carbonyl (C=O) groups is 1. The minimum absolute atomic E-state index is 0.179. The van der Waals surface area contributed by atoms with Crippen LogP contribution in [0.2, 0.25) is 0 Å². The molecule has 4 heteroatoms. The summed E-state index contributed by atoms with van der Waals surface area (Å²) in [5, 5.41) is 0. The van der Waals surface area contributed by atoms with Gasteiger partial charge in [-0.1, -0.05) is 6.92 Å². The maximum absolute atomic E-state index is 11.6. The summed E-state index contributed by atoms with van der Waals surface area (Å²) in [7, 11) is 4.00. The highest BCUT2D eigenvalue weighted by atomic mass is 16.1. The molecule has 100 valence electrons. The largest absolute Gasteiger partial charge is 0.367 e. The molecule has 4 nitrogen and oxygen atoms in total. The molecule has 0 amide bonds. The summed E-state index contributed by atoms with van der Waals surface area (Å²) in [6.45, 7) is 2.62. The van der Waals surface area contributed by atoms with Gasteiger partial charge in [0.1, 0.15) is 5.82 Å². The molecule has 2 rings (SSSR count). The van der Waals surface area contributed by atoms with Crippen molar-refractivity contribution >= 4 is 11.5 Å². The zero-order valence-corrected chi connectivity index (χ0v) is 11.6. The molecule has 0 atom stereocenters. The zero-order valence-electron chi connectivity index (χ0n) is 11.6. The number of nitrogens with zero attached hydrogens (tertiary/aromatic N) is 3. The van der Waals surface area contributed by atoms with Crippen LogP contribution in [0, 0.1) is 0 Å². The Hall–Kier alpha value is -2.10. The number of rotatable bonds is 5. The van der Waals surface area contributed by atoms with Gasteiger partial charge in [-0.05, 0) is 24.3 Å². The van der Waals surface area contributed by atoms with Crippen LogP contribution in [0.15, 0.2) is 36.7 Å². The monoisotopic (exact) mass is 257 g/mol. The van der Waals surface area contributed by atoms with Crippen LogP contribution in [-0.2, 0) is 13.6 Å². The van der Waals surface area contributed by atoms with E-state index < -0.39 is 0 Å². The number of benzene rings is 1. The first-order valence-corrected chi connectivity index (χ1v) is 6.42. The molecular weight excluding hydrogens is 238 g/mol. The van der Waals surface area contributed by atoms with Gasteiger partial charge in [-0.3, -0.25) is 4.79 Å². The van der Waals surface area contributed by atoms with E-state index in [0.29, 0.717) is 6.42 Å². The number of ketones is 1. The molecule has 0 aliphatic rings. The van der Waals surface area contributed by atoms with E-state index in [4.69, 9.17) is 0 Å². The molecule has 19 heavy (non-hydrogen) atoms. The Morgan fingerprint density at radius 1 is 1.32 bits per heavy atom. The first-order chi connectivity index (χ1) is 9.11. The van der Waals surface area contributed by atoms with Crippen LogP contribution in [-0.4, -0.2) is 22.4 Å². The van der Waals surface area contributed by atoms with Gasteiger partial charge in [0.15, 0.2) is 5.78 Å². The van der Waals surface area contributed by atoms with Crippen molar-refractivity contribution < 1.29 is 4.79 Å². The Bertz CT molecular complexity index is 557. The first kappa shape index (κ1) is 13.3. The number of carbonyl (C=O) groups excluding carboxylic acids is 1. The molecule has 0 saturated carbocycles. The molecule has 1 heterocycles. The van der Waals surface area contributed by atoms with Gasteiger partial charge in [-0.2, -0.15) is 0 Å². The van der Waals surface area contributed by atoms with Crippen molar-refractivity contribution in [2.24, 2.45) is 7.05 Å². The van der Waals surface area contributed by atoms with Crippen LogP contribution in [0.4, 0.5) is 5.69 Å². The normalized spacial score (nSPS) is 10.5. The first-order valence-electron chi connectivity index (χ1n) is 6.42. The molecule has 2 aromatic rings. The third-order valence-electron chi connectivity index (χ3n) is 3.25. The summed E-state index contributed by atoms with van der Waals surface area (Å²) in [5.74, 6) is 1.19. The second-order valence-electron chi connectivity index (χ2n) is 4.63. The van der Waals surface area contributed by atoms with Crippen molar-refractivity contribution in [1.29, 1.82) is 0 Å². The lowest BCUT2D eigenvalue weighted by Crippen LogP contribution is -2.19. The molecule has 0 aliphatic heterocycles. The van der Waals surface area contributed by atoms with Gasteiger partial charge < -0.3 is 9.47 Å². The van der Waals surface area contributed by atoms with Crippen molar-refractivity contribution in [3.63, 3.8) is 0 Å². The van der Waals surface area contributed by atoms with E-state index in [1.54, 1.807) is 6.20 Å². The van der Waals surface area contributed by atoms with E-state index >= 15 is 0 Å². The quantitative estimate of drug-likeness (QED) is 0.773. The fourth-order valence-corrected chi connectivity index (χ4v) is 1.96. The third-order valence-corrected chi connectivity index (χ3v) is 3.25. The van der Waals surface area contributed by atoms with E-state index in [1.807, 2.05) is 56.0 Å². The number of aromatic nitrogens is 2. The maximum Gasteiger partial charge on any atom is 0.162 e. The maximum atomic E-state index is 11.6. The Balaban J connectivity index is 2.09. The summed E-state index contributed by atoms with van der Waals surface area (Å²) in [4.78, 5) is 18.0. The predicted octanol–water partition coefficient (Wildman–Crippen LogP) is 2.65. The van der Waals surface area contributed by atoms with Crippen LogP contribution >= 0.6 is 0 Å². The van der Waals surface area contributed by atoms with Crippen molar-refractivity contribution in [2.45, 2.75) is 19.9 Å². The standard InChI is InChI=1S/C15H19N3O/c1-4-14(19)12-5-7-13(8-6-12)18(3)11-15-16-9-10-17(15)2/h5-10H,4,11H2,1-3H3. The predicted molar refractivity (Wildman–Crippen MR) is 76.4 cm³/mol. The molecule has 1 aromatic heterocycles. The Kier molecular flexibility index (Phi) is 4.00. The molecule has 0 saturated heterocycles. The summed E-state index contributed by atoms with van der Waals surface area (Å²) >= 11 is 0. The van der Waals surface area contributed by atoms with Gasteiger partial charge >= 0.3 is 0 Å². The van der Waals surface area contributed by atoms with Gasteiger partial charge in [0.05, 0.1) is 6.54 Å². The van der Waals surface area contributed by atoms with Crippen molar-refractivity contribution in [3.05, 3.63) is 48.0 Å². The molecule has 0 N–H and O–H groups in total. The summed E-state index contributed by atoms with van der Waals surface area (Å²) < 4.78 is 2.01. The van der Waals surface area contributed by atoms with E-state index in [2.05, 4.69) is 9.88 Å². The molecule has 0 bridgehead atoms. The number of aryl methyl sites for hydroxylation is 1. The summed E-state index contributed by atoms with van der Waals surface area (Å²) in [6, 6.07) is 7.73. The highest BCUT2D eigenvalue weighted by molar-refractivity contribution is 5.96. The lowest BCUT2D eigenvalue weighted by Gasteiger charge is -2.19. The fourth-order valence-electron chi connectivity index (χ4n) is 1.96. The molecule has 1 aromatic carbocycles. The summed E-state index contributed by atoms with van der Waals surface area (Å²) in [5.41, 5.74) is 1.85. The van der Waals surface area contributed by atoms with Gasteiger partial charge in [-0.25, -0.2) is 4.98 Å². The molecule has 0 spiro atoms. The van der Waals surface area contributed by atoms with Crippen LogP contribution in [0.5, 0.6) is 0 Å². The highest BCUT2D eigenvalue weighted by Gasteiger charge is 2.07. The van der Waals surface area contributed by atoms with Crippen LogP contribution in [0.1, 0.15) is 29.5 Å². The minimum Gasteiger partial charge on any atom is -0.367 e. The summed E-state index contributed by atoms with van der Waals surface area (Å²) in [6.07, 6.45) is 4.28. The van der Waals surface area contributed by atoms with Crippen LogP contribution in [0.3, 0.4) is 0 Å². The smallest absolute Gasteiger partial charge is 0.162 e. The van der Waals surface area contributed by atoms with E-state index in [1.165, 1.54) is 0 Å². The van der Waals surface area contributed by atoms with Crippen molar-refractivity contribution in [1.82, 2.24) is 9.55 Å². The lowest BCUT2D eigenvalue weighted by atomic mass is 10.1. The van der Waals surface area contributed by atoms with E-state index in [0.717, 1.165) is 23.6 Å². The van der Waals surface area contributed by atoms with E-state index in [9.17, 15) is 4.79 Å². The van der Waals surface area contributed by atoms with Crippen LogP contribution < -0.4 is 4.90 Å². The fraction of sp³-hybridized carbons (Fsp3) is 0.333. The van der Waals surface area contributed by atoms with Crippen molar-refractivity contribution in [2.75, 3.05) is 11.9 Å². The van der Waals surface area contributed by atoms with Crippen molar-refractivity contribution in [3.8, 4) is 0 Å². The molecule has 0 fully saturated rings. The SMILES string of the molecule is CCC(=O)c1ccc(N(C)Cc2nccn2C)cc1. The molecule has 0 aliphatic carbocycles. The van der Waals surface area contributed by atoms with Gasteiger partial charge in [0, 0.05) is 44.2 Å². The molecule has 0 unspecified atom stereocenters. The van der Waals surface area contributed by atoms with Gasteiger partial charge in [0.25, 0.3) is 0 Å². The highest BCUT2D eigenvalue weighted by Crippen LogP contribution is 2.16. The van der Waals surface area contributed by atoms with Crippen LogP contribution in [0.25, 0.3) is 0 Å². The van der Waals surface area contributed by atoms with E-state index in [-0.39, 0.29) is 5.78 Å². The topological polar surface area (TPSA) is 38.1 Å². The number of Topliss-reactive ketones (excluding diaryl/α,β-unsaturated/α-hetero) is 1. The average Bonchev–Trinajstić information content (AvgIpc) is 2.83. The number of anilines is 1. The number of hydrogen-bond donors (Lipinski definition) is 0. The van der Waals surface area contributed by atoms with Gasteiger partial charge in [0.2, 0.25) is 0 Å². The second-order valence-corrected chi connectivity index (χ2v) is 4.63. The Morgan fingerprint density at radius 2 is 2.00 bits per heavy atom. The third kappa shape index (κ3) is 3.02. The molecular formula is C15H19N3O. The Labute approximate surface area is 113 Å². The lowest BCUT2D eigenvalue weighted by molar-refractivity contribution is 0.0988. The second kappa shape index (κ2) is 5.69. The Morgan fingerprint density at radius 3 is 2.53 bits per heavy atom. The number of hydrogen-bond acceptors (Lipinski definition) is 3. The minimum atomic E-state index is 0.179. The zero-order chi connectivity index (χ0) is 13.8.